The van der Waals surface area contributed by atoms with E-state index in [0.29, 0.717) is 16.8 Å². The van der Waals surface area contributed by atoms with Crippen molar-refractivity contribution in [2.45, 2.75) is 20.4 Å². The van der Waals surface area contributed by atoms with Gasteiger partial charge in [-0.05, 0) is 37.1 Å². The van der Waals surface area contributed by atoms with Crippen LogP contribution in [-0.2, 0) is 6.54 Å². The van der Waals surface area contributed by atoms with Crippen LogP contribution in [0.3, 0.4) is 0 Å². The molecule has 0 aliphatic heterocycles. The summed E-state index contributed by atoms with van der Waals surface area (Å²) in [6.45, 7) is 4.26. The number of nitrogens with zero attached hydrogens (tertiary/aromatic N) is 2. The molecule has 0 spiro atoms. The van der Waals surface area contributed by atoms with E-state index < -0.39 is 0 Å². The number of ether oxygens (including phenoxy) is 1. The molecule has 2 aromatic rings. The average molecular weight is 270 g/mol. The van der Waals surface area contributed by atoms with E-state index in [2.05, 4.69) is 10.2 Å². The lowest BCUT2D eigenvalue weighted by molar-refractivity contribution is 0.466. The number of benzene rings is 1. The van der Waals surface area contributed by atoms with E-state index in [-0.39, 0.29) is 0 Å². The van der Waals surface area contributed by atoms with Gasteiger partial charge in [-0.15, -0.1) is 5.10 Å². The molecule has 0 atom stereocenters. The molecule has 4 nitrogen and oxygen atoms in total. The van der Waals surface area contributed by atoms with E-state index in [1.54, 1.807) is 0 Å². The monoisotopic (exact) mass is 269 g/mol. The minimum atomic E-state index is 0.375. The molecule has 6 heteroatoms. The molecule has 0 unspecified atom stereocenters. The van der Waals surface area contributed by atoms with Crippen molar-refractivity contribution in [3.8, 4) is 10.9 Å². The summed E-state index contributed by atoms with van der Waals surface area (Å²) < 4.78 is 5.71. The van der Waals surface area contributed by atoms with Crippen molar-refractivity contribution in [2.75, 3.05) is 0 Å². The van der Waals surface area contributed by atoms with E-state index in [0.717, 1.165) is 21.9 Å². The van der Waals surface area contributed by atoms with Crippen LogP contribution in [-0.4, -0.2) is 10.2 Å². The van der Waals surface area contributed by atoms with Crippen LogP contribution in [0.1, 0.15) is 16.1 Å². The quantitative estimate of drug-likeness (QED) is 0.930. The summed E-state index contributed by atoms with van der Waals surface area (Å²) in [7, 11) is 0. The molecule has 0 radical (unpaired) electrons. The van der Waals surface area contributed by atoms with Crippen molar-refractivity contribution in [2.24, 2.45) is 5.73 Å². The Labute approximate surface area is 108 Å². The van der Waals surface area contributed by atoms with Crippen molar-refractivity contribution in [3.05, 3.63) is 33.3 Å². The van der Waals surface area contributed by atoms with Crippen molar-refractivity contribution in [3.63, 3.8) is 0 Å². The van der Waals surface area contributed by atoms with Gasteiger partial charge < -0.3 is 10.5 Å². The van der Waals surface area contributed by atoms with Crippen molar-refractivity contribution in [1.29, 1.82) is 0 Å². The average Bonchev–Trinajstić information content (AvgIpc) is 2.71. The van der Waals surface area contributed by atoms with E-state index in [4.69, 9.17) is 22.1 Å². The highest BCUT2D eigenvalue weighted by Crippen LogP contribution is 2.32. The number of aromatic nitrogens is 2. The number of hydrogen-bond acceptors (Lipinski definition) is 5. The normalized spacial score (nSPS) is 10.6. The van der Waals surface area contributed by atoms with Crippen LogP contribution in [0.5, 0.6) is 10.9 Å². The van der Waals surface area contributed by atoms with Gasteiger partial charge in [0.1, 0.15) is 10.8 Å². The second kappa shape index (κ2) is 5.00. The highest BCUT2D eigenvalue weighted by atomic mass is 35.5. The summed E-state index contributed by atoms with van der Waals surface area (Å²) in [5, 5.41) is 9.77. The number of halogens is 1. The van der Waals surface area contributed by atoms with Crippen LogP contribution in [0.4, 0.5) is 0 Å². The van der Waals surface area contributed by atoms with Gasteiger partial charge in [0.25, 0.3) is 5.19 Å². The summed E-state index contributed by atoms with van der Waals surface area (Å²) >= 11 is 7.30. The molecule has 2 rings (SSSR count). The van der Waals surface area contributed by atoms with Crippen molar-refractivity contribution < 1.29 is 4.74 Å². The van der Waals surface area contributed by atoms with Crippen LogP contribution >= 0.6 is 22.9 Å². The second-order valence-corrected chi connectivity index (χ2v) is 5.10. The van der Waals surface area contributed by atoms with Gasteiger partial charge >= 0.3 is 0 Å². The molecule has 0 fully saturated rings. The Hall–Kier alpha value is -1.17. The molecule has 1 aromatic carbocycles. The Morgan fingerprint density at radius 3 is 2.47 bits per heavy atom. The maximum atomic E-state index is 5.95. The molecule has 0 aliphatic carbocycles. The van der Waals surface area contributed by atoms with Gasteiger partial charge in [0, 0.05) is 11.6 Å². The Morgan fingerprint density at radius 1 is 1.29 bits per heavy atom. The summed E-state index contributed by atoms with van der Waals surface area (Å²) in [6.07, 6.45) is 0. The lowest BCUT2D eigenvalue weighted by atomic mass is 10.1. The zero-order valence-electron chi connectivity index (χ0n) is 9.53. The van der Waals surface area contributed by atoms with Gasteiger partial charge in [-0.25, -0.2) is 0 Å². The first-order valence-corrected chi connectivity index (χ1v) is 6.26. The fourth-order valence-corrected chi connectivity index (χ4v) is 2.41. The molecule has 1 aromatic heterocycles. The summed E-state index contributed by atoms with van der Waals surface area (Å²) in [5.41, 5.74) is 7.41. The molecular formula is C11H12ClN3OS. The first kappa shape index (κ1) is 12.3. The first-order valence-electron chi connectivity index (χ1n) is 5.07. The number of nitrogens with two attached hydrogens (primary N) is 1. The minimum absolute atomic E-state index is 0.375. The summed E-state index contributed by atoms with van der Waals surface area (Å²) in [6, 6.07) is 3.71. The van der Waals surface area contributed by atoms with Gasteiger partial charge in [0.05, 0.1) is 0 Å². The molecule has 17 heavy (non-hydrogen) atoms. The molecule has 1 heterocycles. The second-order valence-electron chi connectivity index (χ2n) is 3.64. The fourth-order valence-electron chi connectivity index (χ4n) is 1.51. The Bertz CT molecular complexity index is 518. The zero-order valence-corrected chi connectivity index (χ0v) is 11.1. The number of hydrogen-bond donors (Lipinski definition) is 1. The van der Waals surface area contributed by atoms with E-state index in [1.807, 2.05) is 26.0 Å². The van der Waals surface area contributed by atoms with Crippen LogP contribution < -0.4 is 10.5 Å². The van der Waals surface area contributed by atoms with Crippen LogP contribution in [0.15, 0.2) is 12.1 Å². The topological polar surface area (TPSA) is 61.0 Å². The minimum Gasteiger partial charge on any atom is -0.429 e. The van der Waals surface area contributed by atoms with Crippen LogP contribution in [0.25, 0.3) is 0 Å². The fraction of sp³-hybridized carbons (Fsp3) is 0.273. The predicted octanol–water partition coefficient (Wildman–Crippen LogP) is 3.06. The smallest absolute Gasteiger partial charge is 0.299 e. The third kappa shape index (κ3) is 2.74. The van der Waals surface area contributed by atoms with Crippen LogP contribution in [0, 0.1) is 13.8 Å². The largest absolute Gasteiger partial charge is 0.429 e. The van der Waals surface area contributed by atoms with E-state index >= 15 is 0 Å². The highest BCUT2D eigenvalue weighted by molar-refractivity contribution is 7.13. The van der Waals surface area contributed by atoms with E-state index in [9.17, 15) is 0 Å². The Balaban J connectivity index is 2.29. The highest BCUT2D eigenvalue weighted by Gasteiger charge is 2.10. The van der Waals surface area contributed by atoms with Crippen LogP contribution in [0.2, 0.25) is 5.02 Å². The van der Waals surface area contributed by atoms with Crippen molar-refractivity contribution in [1.82, 2.24) is 10.2 Å². The molecule has 0 aliphatic rings. The van der Waals surface area contributed by atoms with Gasteiger partial charge in [-0.1, -0.05) is 28.0 Å². The first-order chi connectivity index (χ1) is 8.10. The van der Waals surface area contributed by atoms with Gasteiger partial charge in [-0.2, -0.15) is 0 Å². The maximum Gasteiger partial charge on any atom is 0.299 e. The lowest BCUT2D eigenvalue weighted by Crippen LogP contribution is -1.94. The molecular weight excluding hydrogens is 258 g/mol. The third-order valence-corrected chi connectivity index (χ3v) is 3.28. The van der Waals surface area contributed by atoms with Crippen molar-refractivity contribution >= 4 is 22.9 Å². The number of aryl methyl sites for hydroxylation is 2. The van der Waals surface area contributed by atoms with E-state index in [1.165, 1.54) is 11.3 Å². The Kier molecular flexibility index (Phi) is 3.61. The zero-order chi connectivity index (χ0) is 12.4. The standard InChI is InChI=1S/C11H12ClN3OS/c1-6-3-8(12)4-7(2)10(6)16-11-15-14-9(5-13)17-11/h3-4H,5,13H2,1-2H3. The summed E-state index contributed by atoms with van der Waals surface area (Å²) in [5.74, 6) is 0.772. The molecule has 90 valence electrons. The van der Waals surface area contributed by atoms with Gasteiger partial charge in [-0.3, -0.25) is 0 Å². The molecule has 0 bridgehead atoms. The van der Waals surface area contributed by atoms with Gasteiger partial charge in [0.2, 0.25) is 0 Å². The maximum absolute atomic E-state index is 5.95. The molecule has 0 amide bonds. The molecule has 0 saturated heterocycles. The summed E-state index contributed by atoms with van der Waals surface area (Å²) in [4.78, 5) is 0. The molecule has 0 saturated carbocycles. The molecule has 2 N–H and O–H groups in total. The number of rotatable bonds is 3. The third-order valence-electron chi connectivity index (χ3n) is 2.24. The van der Waals surface area contributed by atoms with Gasteiger partial charge in [0.15, 0.2) is 0 Å². The SMILES string of the molecule is Cc1cc(Cl)cc(C)c1Oc1nnc(CN)s1. The predicted molar refractivity (Wildman–Crippen MR) is 68.8 cm³/mol. The Morgan fingerprint density at radius 2 is 1.94 bits per heavy atom. The lowest BCUT2D eigenvalue weighted by Gasteiger charge is -2.09.